The molecule has 1 aromatic heterocycles. The predicted octanol–water partition coefficient (Wildman–Crippen LogP) is 2.04. The summed E-state index contributed by atoms with van der Waals surface area (Å²) in [6, 6.07) is 8.67. The number of rotatable bonds is 3. The van der Waals surface area contributed by atoms with E-state index in [0.717, 1.165) is 0 Å². The molecular formula is C18H18ClN5O3. The van der Waals surface area contributed by atoms with Gasteiger partial charge in [-0.1, -0.05) is 11.6 Å². The van der Waals surface area contributed by atoms with Crippen molar-refractivity contribution in [2.45, 2.75) is 6.92 Å². The van der Waals surface area contributed by atoms with Gasteiger partial charge in [-0.2, -0.15) is 5.26 Å². The number of hydrogen-bond acceptors (Lipinski definition) is 6. The molecule has 3 rings (SSSR count). The van der Waals surface area contributed by atoms with Gasteiger partial charge in [-0.25, -0.2) is 9.78 Å². The molecule has 0 unspecified atom stereocenters. The van der Waals surface area contributed by atoms with Gasteiger partial charge >= 0.3 is 6.09 Å². The number of anilines is 1. The molecule has 1 fully saturated rings. The quantitative estimate of drug-likeness (QED) is 0.800. The van der Waals surface area contributed by atoms with Crippen molar-refractivity contribution in [2.75, 3.05) is 37.7 Å². The maximum Gasteiger partial charge on any atom is 0.409 e. The molecule has 0 aliphatic carbocycles. The van der Waals surface area contributed by atoms with Gasteiger partial charge in [0.15, 0.2) is 11.4 Å². The summed E-state index contributed by atoms with van der Waals surface area (Å²) in [7, 11) is 0. The van der Waals surface area contributed by atoms with E-state index in [4.69, 9.17) is 16.3 Å². The summed E-state index contributed by atoms with van der Waals surface area (Å²) in [4.78, 5) is 32.3. The van der Waals surface area contributed by atoms with E-state index in [-0.39, 0.29) is 11.7 Å². The molecule has 1 saturated heterocycles. The second-order valence-electron chi connectivity index (χ2n) is 5.88. The number of benzene rings is 1. The molecule has 0 radical (unpaired) electrons. The summed E-state index contributed by atoms with van der Waals surface area (Å²) in [6.45, 7) is 3.88. The third-order valence-electron chi connectivity index (χ3n) is 4.27. The Morgan fingerprint density at radius 2 is 1.93 bits per heavy atom. The SMILES string of the molecule is CCOC(=O)N1CCN(c2ncn(-c3ccc(Cl)cc3)c(=O)c2C#N)CC1. The van der Waals surface area contributed by atoms with Crippen LogP contribution < -0.4 is 10.5 Å². The Kier molecular flexibility index (Phi) is 5.62. The molecular weight excluding hydrogens is 370 g/mol. The van der Waals surface area contributed by atoms with Crippen LogP contribution in [0.4, 0.5) is 10.6 Å². The fraction of sp³-hybridized carbons (Fsp3) is 0.333. The van der Waals surface area contributed by atoms with Crippen molar-refractivity contribution in [2.24, 2.45) is 0 Å². The zero-order chi connectivity index (χ0) is 19.4. The zero-order valence-electron chi connectivity index (χ0n) is 14.8. The van der Waals surface area contributed by atoms with Crippen LogP contribution in [0.1, 0.15) is 12.5 Å². The molecule has 8 nitrogen and oxygen atoms in total. The van der Waals surface area contributed by atoms with Gasteiger partial charge in [-0.05, 0) is 31.2 Å². The predicted molar refractivity (Wildman–Crippen MR) is 100 cm³/mol. The number of nitriles is 1. The van der Waals surface area contributed by atoms with Gasteiger partial charge in [0, 0.05) is 31.2 Å². The first-order valence-electron chi connectivity index (χ1n) is 8.49. The van der Waals surface area contributed by atoms with Crippen molar-refractivity contribution in [1.29, 1.82) is 5.26 Å². The third kappa shape index (κ3) is 3.88. The Bertz CT molecular complexity index is 927. The number of ether oxygens (including phenoxy) is 1. The van der Waals surface area contributed by atoms with Gasteiger partial charge in [0.1, 0.15) is 12.4 Å². The lowest BCUT2D eigenvalue weighted by Gasteiger charge is -2.34. The molecule has 1 aliphatic rings. The lowest BCUT2D eigenvalue weighted by molar-refractivity contribution is 0.105. The number of piperazine rings is 1. The molecule has 140 valence electrons. The van der Waals surface area contributed by atoms with Gasteiger partial charge in [0.2, 0.25) is 0 Å². The summed E-state index contributed by atoms with van der Waals surface area (Å²) in [5, 5.41) is 10.1. The molecule has 0 atom stereocenters. The number of carbonyl (C=O) groups excluding carboxylic acids is 1. The summed E-state index contributed by atoms with van der Waals surface area (Å²) in [5.41, 5.74) is 0.0989. The number of aromatic nitrogens is 2. The average molecular weight is 388 g/mol. The Morgan fingerprint density at radius 3 is 2.52 bits per heavy atom. The van der Waals surface area contributed by atoms with Crippen LogP contribution in [0.25, 0.3) is 5.69 Å². The topological polar surface area (TPSA) is 91.5 Å². The maximum absolute atomic E-state index is 12.8. The second-order valence-corrected chi connectivity index (χ2v) is 6.32. The first-order chi connectivity index (χ1) is 13.0. The highest BCUT2D eigenvalue weighted by molar-refractivity contribution is 6.30. The van der Waals surface area contributed by atoms with Crippen LogP contribution in [0.3, 0.4) is 0 Å². The van der Waals surface area contributed by atoms with Crippen LogP contribution >= 0.6 is 11.6 Å². The molecule has 2 aromatic rings. The van der Waals surface area contributed by atoms with E-state index in [0.29, 0.717) is 49.3 Å². The third-order valence-corrected chi connectivity index (χ3v) is 4.53. The Morgan fingerprint density at radius 1 is 1.26 bits per heavy atom. The lowest BCUT2D eigenvalue weighted by atomic mass is 10.2. The standard InChI is InChI=1S/C18H18ClN5O3/c1-2-27-18(26)23-9-7-22(8-10-23)16-15(11-20)17(25)24(12-21-16)14-5-3-13(19)4-6-14/h3-6,12H,2,7-10H2,1H3. The minimum Gasteiger partial charge on any atom is -0.450 e. The van der Waals surface area contributed by atoms with E-state index in [2.05, 4.69) is 4.98 Å². The van der Waals surface area contributed by atoms with Gasteiger partial charge in [-0.15, -0.1) is 0 Å². The van der Waals surface area contributed by atoms with Crippen LogP contribution in [-0.2, 0) is 4.74 Å². The van der Waals surface area contributed by atoms with Crippen LogP contribution in [0.2, 0.25) is 5.02 Å². The number of carbonyl (C=O) groups is 1. The molecule has 0 spiro atoms. The summed E-state index contributed by atoms with van der Waals surface area (Å²) < 4.78 is 6.31. The minimum absolute atomic E-state index is 0.0305. The average Bonchev–Trinajstić information content (AvgIpc) is 2.69. The smallest absolute Gasteiger partial charge is 0.409 e. The van der Waals surface area contributed by atoms with Gasteiger partial charge in [0.05, 0.1) is 12.3 Å². The number of halogens is 1. The van der Waals surface area contributed by atoms with E-state index in [1.807, 2.05) is 11.0 Å². The molecule has 1 aliphatic heterocycles. The maximum atomic E-state index is 12.8. The molecule has 0 N–H and O–H groups in total. The van der Waals surface area contributed by atoms with Gasteiger partial charge in [0.25, 0.3) is 5.56 Å². The zero-order valence-corrected chi connectivity index (χ0v) is 15.5. The Hall–Kier alpha value is -3.05. The largest absolute Gasteiger partial charge is 0.450 e. The molecule has 2 heterocycles. The van der Waals surface area contributed by atoms with E-state index in [1.165, 1.54) is 10.9 Å². The van der Waals surface area contributed by atoms with Crippen molar-refractivity contribution < 1.29 is 9.53 Å². The molecule has 0 saturated carbocycles. The van der Waals surface area contributed by atoms with Crippen LogP contribution in [-0.4, -0.2) is 53.3 Å². The number of nitrogens with zero attached hydrogens (tertiary/aromatic N) is 5. The lowest BCUT2D eigenvalue weighted by Crippen LogP contribution is -2.49. The first-order valence-corrected chi connectivity index (χ1v) is 8.87. The molecule has 27 heavy (non-hydrogen) atoms. The molecule has 1 aromatic carbocycles. The Labute approximate surface area is 161 Å². The summed E-state index contributed by atoms with van der Waals surface area (Å²) in [5.74, 6) is 0.330. The Balaban J connectivity index is 1.85. The highest BCUT2D eigenvalue weighted by Gasteiger charge is 2.25. The van der Waals surface area contributed by atoms with Crippen molar-refractivity contribution in [3.63, 3.8) is 0 Å². The van der Waals surface area contributed by atoms with Crippen LogP contribution in [0.5, 0.6) is 0 Å². The fourth-order valence-electron chi connectivity index (χ4n) is 2.88. The summed E-state index contributed by atoms with van der Waals surface area (Å²) >= 11 is 5.88. The van der Waals surface area contributed by atoms with Crippen molar-refractivity contribution in [3.05, 3.63) is 51.5 Å². The van der Waals surface area contributed by atoms with Crippen LogP contribution in [0, 0.1) is 11.3 Å². The van der Waals surface area contributed by atoms with Gasteiger partial charge < -0.3 is 14.5 Å². The normalized spacial score (nSPS) is 14.0. The monoisotopic (exact) mass is 387 g/mol. The highest BCUT2D eigenvalue weighted by Crippen LogP contribution is 2.18. The minimum atomic E-state index is -0.447. The second kappa shape index (κ2) is 8.10. The van der Waals surface area contributed by atoms with Gasteiger partial charge in [-0.3, -0.25) is 9.36 Å². The fourth-order valence-corrected chi connectivity index (χ4v) is 3.01. The van der Waals surface area contributed by atoms with Crippen LogP contribution in [0.15, 0.2) is 35.4 Å². The van der Waals surface area contributed by atoms with E-state index < -0.39 is 5.56 Å². The van der Waals surface area contributed by atoms with E-state index in [9.17, 15) is 14.9 Å². The molecule has 9 heteroatoms. The van der Waals surface area contributed by atoms with Crippen molar-refractivity contribution in [1.82, 2.24) is 14.5 Å². The van der Waals surface area contributed by atoms with Crippen molar-refractivity contribution in [3.8, 4) is 11.8 Å². The van der Waals surface area contributed by atoms with E-state index in [1.54, 1.807) is 36.1 Å². The number of hydrogen-bond donors (Lipinski definition) is 0. The summed E-state index contributed by atoms with van der Waals surface area (Å²) in [6.07, 6.45) is 1.04. The van der Waals surface area contributed by atoms with E-state index >= 15 is 0 Å². The molecule has 0 bridgehead atoms. The number of amides is 1. The van der Waals surface area contributed by atoms with Crippen molar-refractivity contribution >= 4 is 23.5 Å². The first kappa shape index (κ1) is 18.7. The highest BCUT2D eigenvalue weighted by atomic mass is 35.5. The molecule has 1 amide bonds.